The third kappa shape index (κ3) is 5.08. The highest BCUT2D eigenvalue weighted by atomic mass is 16.2. The summed E-state index contributed by atoms with van der Waals surface area (Å²) in [5, 5.41) is 2.53. The van der Waals surface area contributed by atoms with Gasteiger partial charge in [-0.05, 0) is 6.92 Å². The third-order valence-electron chi connectivity index (χ3n) is 0.957. The van der Waals surface area contributed by atoms with Crippen LogP contribution in [-0.2, 0) is 9.59 Å². The standard InChI is InChI=1S/C6H12N2O2/c1-4(3-6(7)10)8-5(2)9/h4H,3H2,1-2H3,(H2,7,10)(H,8,9)/t4-/m1/s1. The van der Waals surface area contributed by atoms with E-state index in [1.807, 2.05) is 0 Å². The van der Waals surface area contributed by atoms with Crippen LogP contribution in [0.25, 0.3) is 0 Å². The normalized spacial score (nSPS) is 12.2. The minimum atomic E-state index is -0.402. The van der Waals surface area contributed by atoms with Crippen molar-refractivity contribution in [3.05, 3.63) is 0 Å². The van der Waals surface area contributed by atoms with Crippen molar-refractivity contribution in [3.8, 4) is 0 Å². The SMILES string of the molecule is CC(=O)N[C@H](C)CC(N)=O. The summed E-state index contributed by atoms with van der Waals surface area (Å²) in [5.41, 5.74) is 4.88. The third-order valence-corrected chi connectivity index (χ3v) is 0.957. The number of nitrogens with two attached hydrogens (primary N) is 1. The van der Waals surface area contributed by atoms with Gasteiger partial charge in [0.05, 0.1) is 0 Å². The maximum absolute atomic E-state index is 10.4. The zero-order chi connectivity index (χ0) is 8.15. The van der Waals surface area contributed by atoms with Crippen LogP contribution in [0.15, 0.2) is 0 Å². The van der Waals surface area contributed by atoms with Crippen LogP contribution >= 0.6 is 0 Å². The number of hydrogen-bond donors (Lipinski definition) is 2. The first kappa shape index (κ1) is 8.94. The van der Waals surface area contributed by atoms with Gasteiger partial charge in [0.25, 0.3) is 0 Å². The Bertz CT molecular complexity index is 129. The van der Waals surface area contributed by atoms with E-state index < -0.39 is 5.91 Å². The van der Waals surface area contributed by atoms with Crippen LogP contribution in [0.5, 0.6) is 0 Å². The molecule has 2 amide bonds. The van der Waals surface area contributed by atoms with Crippen LogP contribution in [0.3, 0.4) is 0 Å². The number of amides is 2. The number of carbonyl (C=O) groups excluding carboxylic acids is 2. The molecule has 3 N–H and O–H groups in total. The van der Waals surface area contributed by atoms with Crippen LogP contribution in [0, 0.1) is 0 Å². The first-order valence-electron chi connectivity index (χ1n) is 3.07. The zero-order valence-corrected chi connectivity index (χ0v) is 6.18. The second-order valence-electron chi connectivity index (χ2n) is 2.27. The number of carbonyl (C=O) groups is 2. The Balaban J connectivity index is 3.53. The summed E-state index contributed by atoms with van der Waals surface area (Å²) in [5.74, 6) is -0.546. The van der Waals surface area contributed by atoms with Gasteiger partial charge in [-0.15, -0.1) is 0 Å². The van der Waals surface area contributed by atoms with E-state index in [1.54, 1.807) is 6.92 Å². The largest absolute Gasteiger partial charge is 0.370 e. The lowest BCUT2D eigenvalue weighted by atomic mass is 10.2. The molecule has 0 unspecified atom stereocenters. The van der Waals surface area contributed by atoms with Gasteiger partial charge in [-0.3, -0.25) is 9.59 Å². The van der Waals surface area contributed by atoms with Crippen LogP contribution in [0.4, 0.5) is 0 Å². The Morgan fingerprint density at radius 1 is 1.60 bits per heavy atom. The fourth-order valence-electron chi connectivity index (χ4n) is 0.700. The Labute approximate surface area is 59.8 Å². The van der Waals surface area contributed by atoms with Gasteiger partial charge >= 0.3 is 0 Å². The molecular weight excluding hydrogens is 132 g/mol. The quantitative estimate of drug-likeness (QED) is 0.554. The van der Waals surface area contributed by atoms with Gasteiger partial charge in [-0.2, -0.15) is 0 Å². The summed E-state index contributed by atoms with van der Waals surface area (Å²) in [6.07, 6.45) is 0.194. The van der Waals surface area contributed by atoms with E-state index in [-0.39, 0.29) is 18.4 Å². The van der Waals surface area contributed by atoms with Gasteiger partial charge < -0.3 is 11.1 Å². The number of rotatable bonds is 3. The minimum absolute atomic E-state index is 0.145. The minimum Gasteiger partial charge on any atom is -0.370 e. The fraction of sp³-hybridized carbons (Fsp3) is 0.667. The van der Waals surface area contributed by atoms with Crippen molar-refractivity contribution >= 4 is 11.8 Å². The summed E-state index contributed by atoms with van der Waals surface area (Å²) in [7, 11) is 0. The van der Waals surface area contributed by atoms with E-state index in [9.17, 15) is 9.59 Å². The van der Waals surface area contributed by atoms with Gasteiger partial charge in [0.1, 0.15) is 0 Å². The molecule has 0 aromatic rings. The molecule has 0 aliphatic heterocycles. The molecule has 4 nitrogen and oxygen atoms in total. The molecular formula is C6H12N2O2. The molecule has 0 rings (SSSR count). The zero-order valence-electron chi connectivity index (χ0n) is 6.18. The molecule has 0 fully saturated rings. The van der Waals surface area contributed by atoms with E-state index in [0.29, 0.717) is 0 Å². The summed E-state index contributed by atoms with van der Waals surface area (Å²) < 4.78 is 0. The molecule has 0 saturated heterocycles. The predicted molar refractivity (Wildman–Crippen MR) is 37.1 cm³/mol. The van der Waals surface area contributed by atoms with E-state index >= 15 is 0 Å². The number of hydrogen-bond acceptors (Lipinski definition) is 2. The first-order chi connectivity index (χ1) is 4.52. The van der Waals surface area contributed by atoms with Crippen molar-refractivity contribution in [2.24, 2.45) is 5.73 Å². The molecule has 4 heteroatoms. The highest BCUT2D eigenvalue weighted by Gasteiger charge is 2.05. The van der Waals surface area contributed by atoms with Crippen molar-refractivity contribution in [2.45, 2.75) is 26.3 Å². The van der Waals surface area contributed by atoms with Gasteiger partial charge in [0, 0.05) is 19.4 Å². The molecule has 0 bridgehead atoms. The molecule has 0 aliphatic rings. The van der Waals surface area contributed by atoms with Gasteiger partial charge in [-0.1, -0.05) is 0 Å². The lowest BCUT2D eigenvalue weighted by Crippen LogP contribution is -2.33. The van der Waals surface area contributed by atoms with Crippen molar-refractivity contribution in [1.29, 1.82) is 0 Å². The van der Waals surface area contributed by atoms with Crippen LogP contribution in [0.2, 0.25) is 0 Å². The van der Waals surface area contributed by atoms with Gasteiger partial charge in [0.2, 0.25) is 11.8 Å². The summed E-state index contributed by atoms with van der Waals surface area (Å²) in [6, 6.07) is -0.157. The van der Waals surface area contributed by atoms with Crippen LogP contribution in [-0.4, -0.2) is 17.9 Å². The molecule has 0 spiro atoms. The Hall–Kier alpha value is -1.06. The maximum atomic E-state index is 10.4. The molecule has 0 aliphatic carbocycles. The lowest BCUT2D eigenvalue weighted by Gasteiger charge is -2.08. The average molecular weight is 144 g/mol. The molecule has 0 aromatic carbocycles. The molecule has 10 heavy (non-hydrogen) atoms. The molecule has 58 valence electrons. The second kappa shape index (κ2) is 3.87. The van der Waals surface area contributed by atoms with E-state index in [4.69, 9.17) is 5.73 Å². The molecule has 1 atom stereocenters. The average Bonchev–Trinajstić information content (AvgIpc) is 1.58. The van der Waals surface area contributed by atoms with Crippen molar-refractivity contribution < 1.29 is 9.59 Å². The van der Waals surface area contributed by atoms with Crippen LogP contribution < -0.4 is 11.1 Å². The smallest absolute Gasteiger partial charge is 0.219 e. The Morgan fingerprint density at radius 3 is 2.40 bits per heavy atom. The van der Waals surface area contributed by atoms with Crippen molar-refractivity contribution in [3.63, 3.8) is 0 Å². The Kier molecular flexibility index (Phi) is 3.46. The predicted octanol–water partition coefficient (Wildman–Crippen LogP) is -0.614. The van der Waals surface area contributed by atoms with Crippen molar-refractivity contribution in [2.75, 3.05) is 0 Å². The summed E-state index contributed by atoms with van der Waals surface area (Å²) >= 11 is 0. The monoisotopic (exact) mass is 144 g/mol. The van der Waals surface area contributed by atoms with Gasteiger partial charge in [-0.25, -0.2) is 0 Å². The van der Waals surface area contributed by atoms with E-state index in [2.05, 4.69) is 5.32 Å². The molecule has 0 heterocycles. The van der Waals surface area contributed by atoms with E-state index in [1.165, 1.54) is 6.92 Å². The fourth-order valence-corrected chi connectivity index (χ4v) is 0.700. The van der Waals surface area contributed by atoms with Crippen LogP contribution in [0.1, 0.15) is 20.3 Å². The second-order valence-corrected chi connectivity index (χ2v) is 2.27. The van der Waals surface area contributed by atoms with E-state index in [0.717, 1.165) is 0 Å². The summed E-state index contributed by atoms with van der Waals surface area (Å²) in [6.45, 7) is 3.13. The molecule has 0 saturated carbocycles. The number of primary amides is 1. The highest BCUT2D eigenvalue weighted by Crippen LogP contribution is 1.87. The highest BCUT2D eigenvalue weighted by molar-refractivity contribution is 5.77. The number of nitrogens with one attached hydrogen (secondary N) is 1. The van der Waals surface area contributed by atoms with Crippen molar-refractivity contribution in [1.82, 2.24) is 5.32 Å². The topological polar surface area (TPSA) is 72.2 Å². The Morgan fingerprint density at radius 2 is 2.10 bits per heavy atom. The first-order valence-corrected chi connectivity index (χ1v) is 3.07. The lowest BCUT2D eigenvalue weighted by molar-refractivity contribution is -0.120. The van der Waals surface area contributed by atoms with Gasteiger partial charge in [0.15, 0.2) is 0 Å². The maximum Gasteiger partial charge on any atom is 0.219 e. The summed E-state index contributed by atoms with van der Waals surface area (Å²) in [4.78, 5) is 20.6. The molecule has 0 radical (unpaired) electrons. The molecule has 0 aromatic heterocycles.